The minimum Gasteiger partial charge on any atom is -0.496 e. The van der Waals surface area contributed by atoms with Crippen molar-refractivity contribution >= 4 is 29.3 Å². The van der Waals surface area contributed by atoms with Crippen LogP contribution in [0.2, 0.25) is 0 Å². The SMILES string of the molecule is CC1=C(C(=O)Nc2cccc(C(=O)NC3CC3)c2)SCCO1. The average molecular weight is 318 g/mol. The fraction of sp³-hybridized carbons (Fsp3) is 0.375. The zero-order valence-electron chi connectivity index (χ0n) is 12.3. The molecule has 116 valence electrons. The average Bonchev–Trinajstić information content (AvgIpc) is 3.32. The molecule has 1 aromatic rings. The zero-order valence-corrected chi connectivity index (χ0v) is 13.2. The van der Waals surface area contributed by atoms with Crippen molar-refractivity contribution in [2.45, 2.75) is 25.8 Å². The van der Waals surface area contributed by atoms with E-state index in [0.717, 1.165) is 18.6 Å². The smallest absolute Gasteiger partial charge is 0.265 e. The molecule has 3 rings (SSSR count). The van der Waals surface area contributed by atoms with Gasteiger partial charge in [0.25, 0.3) is 11.8 Å². The maximum atomic E-state index is 12.3. The van der Waals surface area contributed by atoms with Crippen molar-refractivity contribution in [1.82, 2.24) is 5.32 Å². The van der Waals surface area contributed by atoms with Gasteiger partial charge in [-0.15, -0.1) is 11.8 Å². The van der Waals surface area contributed by atoms with E-state index in [1.165, 1.54) is 11.8 Å². The van der Waals surface area contributed by atoms with Crippen LogP contribution < -0.4 is 10.6 Å². The number of hydrogen-bond donors (Lipinski definition) is 2. The second kappa shape index (κ2) is 6.44. The summed E-state index contributed by atoms with van der Waals surface area (Å²) in [6.45, 7) is 2.42. The largest absolute Gasteiger partial charge is 0.496 e. The normalized spacial score (nSPS) is 17.7. The molecule has 22 heavy (non-hydrogen) atoms. The summed E-state index contributed by atoms with van der Waals surface area (Å²) < 4.78 is 5.40. The number of ether oxygens (including phenoxy) is 1. The van der Waals surface area contributed by atoms with E-state index in [1.54, 1.807) is 31.2 Å². The molecule has 0 unspecified atom stereocenters. The van der Waals surface area contributed by atoms with E-state index in [4.69, 9.17) is 4.74 Å². The number of anilines is 1. The molecule has 1 heterocycles. The van der Waals surface area contributed by atoms with Crippen LogP contribution in [0.4, 0.5) is 5.69 Å². The predicted molar refractivity (Wildman–Crippen MR) is 86.7 cm³/mol. The number of allylic oxidation sites excluding steroid dienone is 1. The van der Waals surface area contributed by atoms with Gasteiger partial charge >= 0.3 is 0 Å². The highest BCUT2D eigenvalue weighted by molar-refractivity contribution is 8.04. The number of amides is 2. The lowest BCUT2D eigenvalue weighted by Gasteiger charge is -2.17. The third kappa shape index (κ3) is 3.62. The first kappa shape index (κ1) is 15.0. The van der Waals surface area contributed by atoms with Crippen LogP contribution in [0.3, 0.4) is 0 Å². The highest BCUT2D eigenvalue weighted by Crippen LogP contribution is 2.27. The van der Waals surface area contributed by atoms with Gasteiger partial charge in [-0.05, 0) is 38.0 Å². The molecule has 1 saturated carbocycles. The van der Waals surface area contributed by atoms with Gasteiger partial charge in [-0.2, -0.15) is 0 Å². The summed E-state index contributed by atoms with van der Waals surface area (Å²) in [5, 5.41) is 5.76. The quantitative estimate of drug-likeness (QED) is 0.895. The number of thioether (sulfide) groups is 1. The maximum Gasteiger partial charge on any atom is 0.265 e. The van der Waals surface area contributed by atoms with Crippen LogP contribution in [-0.4, -0.2) is 30.2 Å². The number of carbonyl (C=O) groups excluding carboxylic acids is 2. The third-order valence-electron chi connectivity index (χ3n) is 3.47. The predicted octanol–water partition coefficient (Wildman–Crippen LogP) is 2.51. The van der Waals surface area contributed by atoms with Crippen molar-refractivity contribution in [2.24, 2.45) is 0 Å². The molecule has 1 aliphatic heterocycles. The van der Waals surface area contributed by atoms with Gasteiger partial charge in [0.15, 0.2) is 0 Å². The van der Waals surface area contributed by atoms with Gasteiger partial charge in [0.1, 0.15) is 10.7 Å². The Labute approximate surface area is 133 Å². The van der Waals surface area contributed by atoms with Crippen LogP contribution in [0.5, 0.6) is 0 Å². The summed E-state index contributed by atoms with van der Waals surface area (Å²) in [6, 6.07) is 7.30. The minimum atomic E-state index is -0.193. The lowest BCUT2D eigenvalue weighted by Crippen LogP contribution is -2.25. The van der Waals surface area contributed by atoms with E-state index < -0.39 is 0 Å². The molecule has 2 aliphatic rings. The van der Waals surface area contributed by atoms with Crippen molar-refractivity contribution in [3.8, 4) is 0 Å². The monoisotopic (exact) mass is 318 g/mol. The fourth-order valence-corrected chi connectivity index (χ4v) is 2.97. The lowest BCUT2D eigenvalue weighted by molar-refractivity contribution is -0.112. The first-order valence-corrected chi connectivity index (χ1v) is 8.31. The van der Waals surface area contributed by atoms with Gasteiger partial charge in [-0.25, -0.2) is 0 Å². The molecule has 0 aromatic heterocycles. The van der Waals surface area contributed by atoms with Crippen molar-refractivity contribution in [2.75, 3.05) is 17.7 Å². The molecule has 6 heteroatoms. The van der Waals surface area contributed by atoms with Crippen molar-refractivity contribution in [1.29, 1.82) is 0 Å². The Hall–Kier alpha value is -1.95. The molecule has 2 amide bonds. The minimum absolute atomic E-state index is 0.0932. The second-order valence-corrected chi connectivity index (χ2v) is 6.47. The number of hydrogen-bond acceptors (Lipinski definition) is 4. The number of rotatable bonds is 4. The van der Waals surface area contributed by atoms with Crippen LogP contribution in [-0.2, 0) is 9.53 Å². The highest BCUT2D eigenvalue weighted by Gasteiger charge is 2.24. The maximum absolute atomic E-state index is 12.3. The molecule has 1 aromatic carbocycles. The number of benzene rings is 1. The Balaban J connectivity index is 1.69. The van der Waals surface area contributed by atoms with Gasteiger partial charge in [0, 0.05) is 23.0 Å². The summed E-state index contributed by atoms with van der Waals surface area (Å²) in [7, 11) is 0. The van der Waals surface area contributed by atoms with Gasteiger partial charge < -0.3 is 15.4 Å². The Morgan fingerprint density at radius 2 is 2.09 bits per heavy atom. The summed E-state index contributed by atoms with van der Waals surface area (Å²) in [6.07, 6.45) is 2.10. The Kier molecular flexibility index (Phi) is 4.38. The van der Waals surface area contributed by atoms with Gasteiger partial charge in [0.05, 0.1) is 6.61 Å². The van der Waals surface area contributed by atoms with Gasteiger partial charge in [-0.3, -0.25) is 9.59 Å². The molecule has 1 fully saturated rings. The summed E-state index contributed by atoms with van der Waals surface area (Å²) >= 11 is 1.49. The topological polar surface area (TPSA) is 67.4 Å². The lowest BCUT2D eigenvalue weighted by atomic mass is 10.2. The molecule has 2 N–H and O–H groups in total. The van der Waals surface area contributed by atoms with Crippen LogP contribution in [0, 0.1) is 0 Å². The molecule has 0 spiro atoms. The molecule has 0 bridgehead atoms. The molecule has 1 aliphatic carbocycles. The molecule has 0 radical (unpaired) electrons. The number of carbonyl (C=O) groups is 2. The molecule has 0 saturated heterocycles. The second-order valence-electron chi connectivity index (χ2n) is 5.36. The third-order valence-corrected chi connectivity index (χ3v) is 4.60. The summed E-state index contributed by atoms with van der Waals surface area (Å²) in [4.78, 5) is 24.9. The van der Waals surface area contributed by atoms with Crippen molar-refractivity contribution < 1.29 is 14.3 Å². The first-order valence-electron chi connectivity index (χ1n) is 7.32. The zero-order chi connectivity index (χ0) is 15.5. The van der Waals surface area contributed by atoms with Crippen LogP contribution in [0.1, 0.15) is 30.1 Å². The fourth-order valence-electron chi connectivity index (χ4n) is 2.15. The van der Waals surface area contributed by atoms with E-state index in [2.05, 4.69) is 10.6 Å². The molecular weight excluding hydrogens is 300 g/mol. The first-order chi connectivity index (χ1) is 10.6. The molecule has 0 atom stereocenters. The van der Waals surface area contributed by atoms with Crippen molar-refractivity contribution in [3.05, 3.63) is 40.5 Å². The Morgan fingerprint density at radius 3 is 2.82 bits per heavy atom. The van der Waals surface area contributed by atoms with Crippen LogP contribution in [0.15, 0.2) is 34.9 Å². The van der Waals surface area contributed by atoms with E-state index in [0.29, 0.717) is 34.6 Å². The van der Waals surface area contributed by atoms with E-state index in [9.17, 15) is 9.59 Å². The standard InChI is InChI=1S/C16H18N2O3S/c1-10-14(22-8-7-21-10)16(20)18-13-4-2-3-11(9-13)15(19)17-12-5-6-12/h2-4,9,12H,5-8H2,1H3,(H,17,19)(H,18,20). The Morgan fingerprint density at radius 1 is 1.27 bits per heavy atom. The van der Waals surface area contributed by atoms with Crippen LogP contribution >= 0.6 is 11.8 Å². The molecule has 5 nitrogen and oxygen atoms in total. The summed E-state index contributed by atoms with van der Waals surface area (Å²) in [5.74, 6) is 1.13. The Bertz CT molecular complexity index is 638. The van der Waals surface area contributed by atoms with Gasteiger partial charge in [-0.1, -0.05) is 6.07 Å². The van der Waals surface area contributed by atoms with Crippen LogP contribution in [0.25, 0.3) is 0 Å². The van der Waals surface area contributed by atoms with E-state index in [1.807, 2.05) is 0 Å². The summed E-state index contributed by atoms with van der Waals surface area (Å²) in [5.41, 5.74) is 1.17. The van der Waals surface area contributed by atoms with Gasteiger partial charge in [0.2, 0.25) is 0 Å². The number of nitrogens with one attached hydrogen (secondary N) is 2. The van der Waals surface area contributed by atoms with Crippen molar-refractivity contribution in [3.63, 3.8) is 0 Å². The highest BCUT2D eigenvalue weighted by atomic mass is 32.2. The van der Waals surface area contributed by atoms with E-state index >= 15 is 0 Å². The van der Waals surface area contributed by atoms with E-state index in [-0.39, 0.29) is 11.8 Å². The molecular formula is C16H18N2O3S.